The predicted molar refractivity (Wildman–Crippen MR) is 91.3 cm³/mol. The Morgan fingerprint density at radius 3 is 2.43 bits per heavy atom. The third-order valence-electron chi connectivity index (χ3n) is 3.75. The molecular formula is C19H19N3O. The summed E-state index contributed by atoms with van der Waals surface area (Å²) >= 11 is 0. The first-order valence-corrected chi connectivity index (χ1v) is 7.58. The molecule has 2 aromatic carbocycles. The van der Waals surface area contributed by atoms with Gasteiger partial charge in [0, 0.05) is 18.8 Å². The van der Waals surface area contributed by atoms with E-state index in [-0.39, 0.29) is 5.91 Å². The van der Waals surface area contributed by atoms with Crippen LogP contribution in [0, 0.1) is 6.92 Å². The van der Waals surface area contributed by atoms with E-state index < -0.39 is 0 Å². The molecule has 4 nitrogen and oxygen atoms in total. The molecule has 23 heavy (non-hydrogen) atoms. The summed E-state index contributed by atoms with van der Waals surface area (Å²) in [5.41, 5.74) is 4.57. The van der Waals surface area contributed by atoms with Gasteiger partial charge in [-0.1, -0.05) is 60.2 Å². The summed E-state index contributed by atoms with van der Waals surface area (Å²) in [5.74, 6) is -0.125. The van der Waals surface area contributed by atoms with Crippen LogP contribution in [0.1, 0.15) is 21.5 Å². The van der Waals surface area contributed by atoms with Gasteiger partial charge >= 0.3 is 0 Å². The number of nitrogens with zero attached hydrogens (tertiary/aromatic N) is 2. The van der Waals surface area contributed by atoms with Crippen molar-refractivity contribution >= 4 is 5.91 Å². The van der Waals surface area contributed by atoms with Gasteiger partial charge in [-0.15, -0.1) is 0 Å². The van der Waals surface area contributed by atoms with Crippen molar-refractivity contribution in [2.45, 2.75) is 13.5 Å². The van der Waals surface area contributed by atoms with Crippen LogP contribution in [-0.2, 0) is 6.54 Å². The minimum Gasteiger partial charge on any atom is -0.355 e. The molecule has 0 radical (unpaired) electrons. The Hall–Kier alpha value is -2.88. The fourth-order valence-corrected chi connectivity index (χ4v) is 2.50. The van der Waals surface area contributed by atoms with Crippen molar-refractivity contribution in [2.24, 2.45) is 0 Å². The van der Waals surface area contributed by atoms with Crippen LogP contribution < -0.4 is 5.32 Å². The molecule has 0 saturated heterocycles. The molecular weight excluding hydrogens is 286 g/mol. The van der Waals surface area contributed by atoms with E-state index in [1.807, 2.05) is 66.2 Å². The van der Waals surface area contributed by atoms with E-state index in [4.69, 9.17) is 0 Å². The van der Waals surface area contributed by atoms with Gasteiger partial charge in [0.05, 0.1) is 12.1 Å². The summed E-state index contributed by atoms with van der Waals surface area (Å²) in [6.45, 7) is 2.67. The number of aryl methyl sites for hydroxylation is 1. The Morgan fingerprint density at radius 2 is 1.78 bits per heavy atom. The van der Waals surface area contributed by atoms with Gasteiger partial charge in [0.15, 0.2) is 0 Å². The van der Waals surface area contributed by atoms with Crippen molar-refractivity contribution in [3.05, 3.63) is 77.5 Å². The second-order valence-corrected chi connectivity index (χ2v) is 5.52. The lowest BCUT2D eigenvalue weighted by molar-refractivity contribution is 0.0963. The Balaban J connectivity index is 2.00. The number of benzene rings is 2. The van der Waals surface area contributed by atoms with E-state index in [9.17, 15) is 4.79 Å². The maximum Gasteiger partial charge on any atom is 0.254 e. The number of aromatic nitrogens is 2. The van der Waals surface area contributed by atoms with Crippen LogP contribution in [0.5, 0.6) is 0 Å². The number of nitrogens with one attached hydrogen (secondary N) is 1. The van der Waals surface area contributed by atoms with Crippen LogP contribution in [0.15, 0.2) is 60.8 Å². The average Bonchev–Trinajstić information content (AvgIpc) is 2.99. The highest BCUT2D eigenvalue weighted by molar-refractivity contribution is 5.99. The maximum absolute atomic E-state index is 12.2. The minimum atomic E-state index is -0.125. The van der Waals surface area contributed by atoms with Gasteiger partial charge in [0.25, 0.3) is 5.91 Å². The molecule has 3 aromatic rings. The number of carbonyl (C=O) groups is 1. The van der Waals surface area contributed by atoms with Crippen molar-refractivity contribution in [1.29, 1.82) is 0 Å². The van der Waals surface area contributed by atoms with Gasteiger partial charge < -0.3 is 5.32 Å². The van der Waals surface area contributed by atoms with Gasteiger partial charge in [-0.25, -0.2) is 0 Å². The topological polar surface area (TPSA) is 46.9 Å². The average molecular weight is 305 g/mol. The maximum atomic E-state index is 12.2. The Kier molecular flexibility index (Phi) is 4.24. The fraction of sp³-hybridized carbons (Fsp3) is 0.158. The van der Waals surface area contributed by atoms with E-state index in [1.54, 1.807) is 13.2 Å². The van der Waals surface area contributed by atoms with Crippen molar-refractivity contribution in [3.63, 3.8) is 0 Å². The summed E-state index contributed by atoms with van der Waals surface area (Å²) in [7, 11) is 1.63. The highest BCUT2D eigenvalue weighted by atomic mass is 16.1. The summed E-state index contributed by atoms with van der Waals surface area (Å²) < 4.78 is 1.81. The standard InChI is InChI=1S/C19H19N3O/c1-14-8-10-16(11-9-14)18-17(19(23)20-2)13-22(21-18)12-15-6-4-3-5-7-15/h3-11,13H,12H2,1-2H3,(H,20,23). The molecule has 1 N–H and O–H groups in total. The fourth-order valence-electron chi connectivity index (χ4n) is 2.50. The van der Waals surface area contributed by atoms with Gasteiger partial charge in [0.1, 0.15) is 5.69 Å². The lowest BCUT2D eigenvalue weighted by Crippen LogP contribution is -2.18. The second-order valence-electron chi connectivity index (χ2n) is 5.52. The quantitative estimate of drug-likeness (QED) is 0.804. The third-order valence-corrected chi connectivity index (χ3v) is 3.75. The smallest absolute Gasteiger partial charge is 0.254 e. The zero-order valence-corrected chi connectivity index (χ0v) is 13.3. The van der Waals surface area contributed by atoms with Crippen LogP contribution in [0.2, 0.25) is 0 Å². The number of carbonyl (C=O) groups excluding carboxylic acids is 1. The Labute approximate surface area is 135 Å². The molecule has 0 fully saturated rings. The molecule has 116 valence electrons. The summed E-state index contributed by atoms with van der Waals surface area (Å²) in [4.78, 5) is 12.2. The largest absolute Gasteiger partial charge is 0.355 e. The molecule has 0 unspecified atom stereocenters. The van der Waals surface area contributed by atoms with Crippen molar-refractivity contribution in [1.82, 2.24) is 15.1 Å². The predicted octanol–water partition coefficient (Wildman–Crippen LogP) is 3.27. The minimum absolute atomic E-state index is 0.125. The summed E-state index contributed by atoms with van der Waals surface area (Å²) in [6.07, 6.45) is 1.81. The van der Waals surface area contributed by atoms with E-state index in [1.165, 1.54) is 5.56 Å². The monoisotopic (exact) mass is 305 g/mol. The van der Waals surface area contributed by atoms with Crippen LogP contribution in [0.4, 0.5) is 0 Å². The van der Waals surface area contributed by atoms with Gasteiger partial charge in [0.2, 0.25) is 0 Å². The molecule has 1 aromatic heterocycles. The van der Waals surface area contributed by atoms with Crippen molar-refractivity contribution in [2.75, 3.05) is 7.05 Å². The van der Waals surface area contributed by atoms with E-state index in [0.29, 0.717) is 17.8 Å². The van der Waals surface area contributed by atoms with E-state index in [2.05, 4.69) is 10.4 Å². The zero-order valence-electron chi connectivity index (χ0n) is 13.3. The highest BCUT2D eigenvalue weighted by Gasteiger charge is 2.17. The molecule has 1 amide bonds. The molecule has 4 heteroatoms. The molecule has 0 saturated carbocycles. The molecule has 0 aliphatic heterocycles. The zero-order chi connectivity index (χ0) is 16.2. The first-order valence-electron chi connectivity index (χ1n) is 7.58. The van der Waals surface area contributed by atoms with Crippen LogP contribution in [-0.4, -0.2) is 22.7 Å². The van der Waals surface area contributed by atoms with E-state index in [0.717, 1.165) is 11.1 Å². The highest BCUT2D eigenvalue weighted by Crippen LogP contribution is 2.23. The molecule has 0 atom stereocenters. The molecule has 0 spiro atoms. The molecule has 3 rings (SSSR count). The number of hydrogen-bond acceptors (Lipinski definition) is 2. The van der Waals surface area contributed by atoms with E-state index >= 15 is 0 Å². The molecule has 1 heterocycles. The number of rotatable bonds is 4. The van der Waals surface area contributed by atoms with Gasteiger partial charge in [-0.2, -0.15) is 5.10 Å². The third kappa shape index (κ3) is 3.31. The van der Waals surface area contributed by atoms with Gasteiger partial charge in [-0.05, 0) is 12.5 Å². The van der Waals surface area contributed by atoms with Crippen molar-refractivity contribution in [3.8, 4) is 11.3 Å². The second kappa shape index (κ2) is 6.48. The van der Waals surface area contributed by atoms with Crippen molar-refractivity contribution < 1.29 is 4.79 Å². The lowest BCUT2D eigenvalue weighted by atomic mass is 10.1. The van der Waals surface area contributed by atoms with Gasteiger partial charge in [-0.3, -0.25) is 9.48 Å². The first kappa shape index (κ1) is 15.0. The molecule has 0 aliphatic carbocycles. The van der Waals surface area contributed by atoms with Crippen LogP contribution in [0.3, 0.4) is 0 Å². The lowest BCUT2D eigenvalue weighted by Gasteiger charge is -2.02. The number of hydrogen-bond donors (Lipinski definition) is 1. The normalized spacial score (nSPS) is 10.5. The molecule has 0 aliphatic rings. The van der Waals surface area contributed by atoms with Crippen LogP contribution in [0.25, 0.3) is 11.3 Å². The SMILES string of the molecule is CNC(=O)c1cn(Cc2ccccc2)nc1-c1ccc(C)cc1. The first-order chi connectivity index (χ1) is 11.2. The Morgan fingerprint density at radius 1 is 1.09 bits per heavy atom. The van der Waals surface area contributed by atoms with Crippen LogP contribution >= 0.6 is 0 Å². The number of amides is 1. The molecule has 0 bridgehead atoms. The Bertz CT molecular complexity index is 804. The summed E-state index contributed by atoms with van der Waals surface area (Å²) in [5, 5.41) is 7.32. The summed E-state index contributed by atoms with van der Waals surface area (Å²) in [6, 6.07) is 18.1.